The average molecular weight is 403 g/mol. The highest BCUT2D eigenvalue weighted by Gasteiger charge is 2.24. The monoisotopic (exact) mass is 402 g/mol. The second kappa shape index (κ2) is 8.84. The summed E-state index contributed by atoms with van der Waals surface area (Å²) >= 11 is 5.96. The Morgan fingerprint density at radius 3 is 2.50 bits per heavy atom. The Hall–Kier alpha value is -2.93. The maximum atomic E-state index is 12.3. The first-order chi connectivity index (χ1) is 13.5. The fourth-order valence-corrected chi connectivity index (χ4v) is 3.42. The van der Waals surface area contributed by atoms with E-state index in [-0.39, 0.29) is 21.8 Å². The van der Waals surface area contributed by atoms with Crippen LogP contribution in [0.4, 0.5) is 11.4 Å². The number of carbonyl (C=O) groups is 2. The molecule has 1 saturated heterocycles. The van der Waals surface area contributed by atoms with E-state index in [9.17, 15) is 19.7 Å². The third kappa shape index (κ3) is 4.48. The van der Waals surface area contributed by atoms with E-state index in [4.69, 9.17) is 16.3 Å². The molecule has 0 amide bonds. The first-order valence-corrected chi connectivity index (χ1v) is 9.33. The first-order valence-electron chi connectivity index (χ1n) is 8.95. The highest BCUT2D eigenvalue weighted by atomic mass is 35.5. The zero-order valence-electron chi connectivity index (χ0n) is 15.1. The van der Waals surface area contributed by atoms with Gasteiger partial charge >= 0.3 is 5.97 Å². The second-order valence-corrected chi connectivity index (χ2v) is 6.89. The average Bonchev–Trinajstić information content (AvgIpc) is 2.72. The van der Waals surface area contributed by atoms with Crippen LogP contribution in [0.5, 0.6) is 0 Å². The Bertz CT molecular complexity index is 909. The highest BCUT2D eigenvalue weighted by molar-refractivity contribution is 6.34. The van der Waals surface area contributed by atoms with Gasteiger partial charge in [-0.15, -0.1) is 0 Å². The maximum absolute atomic E-state index is 12.3. The number of hydrogen-bond donors (Lipinski definition) is 0. The number of hydrogen-bond acceptors (Lipinski definition) is 6. The van der Waals surface area contributed by atoms with Crippen LogP contribution in [0.2, 0.25) is 5.02 Å². The van der Waals surface area contributed by atoms with Crippen LogP contribution in [0.25, 0.3) is 0 Å². The van der Waals surface area contributed by atoms with Crippen molar-refractivity contribution in [1.29, 1.82) is 0 Å². The Kier molecular flexibility index (Phi) is 6.26. The van der Waals surface area contributed by atoms with Gasteiger partial charge in [0, 0.05) is 24.7 Å². The largest absolute Gasteiger partial charge is 0.454 e. The number of piperidine rings is 1. The van der Waals surface area contributed by atoms with Crippen molar-refractivity contribution in [3.05, 3.63) is 68.7 Å². The molecule has 1 heterocycles. The molecular weight excluding hydrogens is 384 g/mol. The van der Waals surface area contributed by atoms with Crippen molar-refractivity contribution < 1.29 is 19.2 Å². The molecule has 8 heteroatoms. The number of ether oxygens (including phenoxy) is 1. The van der Waals surface area contributed by atoms with E-state index in [0.29, 0.717) is 5.69 Å². The van der Waals surface area contributed by atoms with Crippen LogP contribution in [0.15, 0.2) is 42.5 Å². The van der Waals surface area contributed by atoms with Crippen molar-refractivity contribution in [3.8, 4) is 0 Å². The summed E-state index contributed by atoms with van der Waals surface area (Å²) in [5.41, 5.74) is 0.630. The molecule has 0 aliphatic carbocycles. The summed E-state index contributed by atoms with van der Waals surface area (Å²) in [5.74, 6) is -1.24. The van der Waals surface area contributed by atoms with Gasteiger partial charge in [-0.05, 0) is 43.5 Å². The topological polar surface area (TPSA) is 89.8 Å². The number of nitro benzene ring substituents is 1. The Morgan fingerprint density at radius 2 is 1.82 bits per heavy atom. The van der Waals surface area contributed by atoms with Crippen LogP contribution >= 0.6 is 11.6 Å². The molecule has 2 aromatic carbocycles. The Labute approximate surface area is 167 Å². The molecule has 0 unspecified atom stereocenters. The van der Waals surface area contributed by atoms with Crippen LogP contribution in [0.3, 0.4) is 0 Å². The lowest BCUT2D eigenvalue weighted by Crippen LogP contribution is -2.30. The molecule has 0 aromatic heterocycles. The summed E-state index contributed by atoms with van der Waals surface area (Å²) in [6, 6.07) is 10.7. The standard InChI is InChI=1S/C20H19ClN2O5/c21-16-7-3-2-6-15(16)19(24)13-28-20(25)14-8-9-17(18(12-14)23(26)27)22-10-4-1-5-11-22/h2-3,6-9,12H,1,4-5,10-11,13H2. The Balaban J connectivity index is 1.73. The normalized spacial score (nSPS) is 13.8. The van der Waals surface area contributed by atoms with Crippen molar-refractivity contribution in [2.75, 3.05) is 24.6 Å². The molecule has 7 nitrogen and oxygen atoms in total. The van der Waals surface area contributed by atoms with E-state index in [1.54, 1.807) is 24.3 Å². The van der Waals surface area contributed by atoms with Gasteiger partial charge in [0.1, 0.15) is 5.69 Å². The molecule has 3 rings (SSSR count). The molecule has 146 valence electrons. The summed E-state index contributed by atoms with van der Waals surface area (Å²) in [7, 11) is 0. The van der Waals surface area contributed by atoms with Crippen molar-refractivity contribution in [3.63, 3.8) is 0 Å². The number of benzene rings is 2. The zero-order chi connectivity index (χ0) is 20.1. The predicted octanol–water partition coefficient (Wildman–Crippen LogP) is 4.28. The van der Waals surface area contributed by atoms with Gasteiger partial charge in [-0.2, -0.15) is 0 Å². The molecule has 1 fully saturated rings. The molecule has 0 atom stereocenters. The quantitative estimate of drug-likeness (QED) is 0.310. The zero-order valence-corrected chi connectivity index (χ0v) is 15.9. The van der Waals surface area contributed by atoms with Gasteiger partial charge in [0.25, 0.3) is 5.69 Å². The van der Waals surface area contributed by atoms with Crippen molar-refractivity contribution >= 4 is 34.7 Å². The molecule has 28 heavy (non-hydrogen) atoms. The van der Waals surface area contributed by atoms with Crippen LogP contribution in [0, 0.1) is 10.1 Å². The number of rotatable bonds is 6. The van der Waals surface area contributed by atoms with E-state index in [0.717, 1.165) is 32.4 Å². The first kappa shape index (κ1) is 19.8. The minimum atomic E-state index is -0.798. The molecule has 0 radical (unpaired) electrons. The SMILES string of the molecule is O=C(OCC(=O)c1ccccc1Cl)c1ccc(N2CCCCC2)c([N+](=O)[O-])c1. The van der Waals surface area contributed by atoms with E-state index in [1.807, 2.05) is 4.90 Å². The highest BCUT2D eigenvalue weighted by Crippen LogP contribution is 2.31. The molecule has 1 aliphatic heterocycles. The third-order valence-corrected chi connectivity index (χ3v) is 4.94. The summed E-state index contributed by atoms with van der Waals surface area (Å²) in [6.45, 7) is 0.998. The minimum absolute atomic E-state index is 0.0272. The lowest BCUT2D eigenvalue weighted by Gasteiger charge is -2.28. The number of ketones is 1. The van der Waals surface area contributed by atoms with Crippen LogP contribution in [-0.4, -0.2) is 36.4 Å². The van der Waals surface area contributed by atoms with Gasteiger partial charge in [-0.25, -0.2) is 4.79 Å². The van der Waals surface area contributed by atoms with Crippen molar-refractivity contribution in [2.24, 2.45) is 0 Å². The lowest BCUT2D eigenvalue weighted by molar-refractivity contribution is -0.384. The molecular formula is C20H19ClN2O5. The number of esters is 1. The lowest BCUT2D eigenvalue weighted by atomic mass is 10.1. The summed E-state index contributed by atoms with van der Waals surface area (Å²) in [4.78, 5) is 37.4. The van der Waals surface area contributed by atoms with Gasteiger partial charge < -0.3 is 9.64 Å². The molecule has 0 saturated carbocycles. The summed E-state index contributed by atoms with van der Waals surface area (Å²) in [5, 5.41) is 11.8. The molecule has 0 N–H and O–H groups in total. The van der Waals surface area contributed by atoms with Crippen LogP contribution in [0.1, 0.15) is 40.0 Å². The van der Waals surface area contributed by atoms with Crippen LogP contribution < -0.4 is 4.90 Å². The van der Waals surface area contributed by atoms with Gasteiger partial charge in [0.15, 0.2) is 6.61 Å². The minimum Gasteiger partial charge on any atom is -0.454 e. The van der Waals surface area contributed by atoms with Gasteiger partial charge in [0.2, 0.25) is 5.78 Å². The predicted molar refractivity (Wildman–Crippen MR) is 105 cm³/mol. The maximum Gasteiger partial charge on any atom is 0.338 e. The molecule has 2 aromatic rings. The second-order valence-electron chi connectivity index (χ2n) is 6.49. The summed E-state index contributed by atoms with van der Waals surface area (Å²) in [6.07, 6.45) is 3.06. The van der Waals surface area contributed by atoms with Gasteiger partial charge in [-0.3, -0.25) is 14.9 Å². The van der Waals surface area contributed by atoms with E-state index in [2.05, 4.69) is 0 Å². The number of carbonyl (C=O) groups excluding carboxylic acids is 2. The van der Waals surface area contributed by atoms with E-state index >= 15 is 0 Å². The Morgan fingerprint density at radius 1 is 1.11 bits per heavy atom. The third-order valence-electron chi connectivity index (χ3n) is 4.61. The summed E-state index contributed by atoms with van der Waals surface area (Å²) < 4.78 is 5.04. The fraction of sp³-hybridized carbons (Fsp3) is 0.300. The fourth-order valence-electron chi connectivity index (χ4n) is 3.18. The number of halogens is 1. The van der Waals surface area contributed by atoms with Crippen LogP contribution in [-0.2, 0) is 4.74 Å². The molecule has 0 spiro atoms. The number of anilines is 1. The smallest absolute Gasteiger partial charge is 0.338 e. The molecule has 1 aliphatic rings. The number of Topliss-reactive ketones (excluding diaryl/α,β-unsaturated/α-hetero) is 1. The van der Waals surface area contributed by atoms with Crippen molar-refractivity contribution in [2.45, 2.75) is 19.3 Å². The van der Waals surface area contributed by atoms with Gasteiger partial charge in [0.05, 0.1) is 15.5 Å². The van der Waals surface area contributed by atoms with E-state index in [1.165, 1.54) is 18.2 Å². The number of nitrogens with zero attached hydrogens (tertiary/aromatic N) is 2. The molecule has 0 bridgehead atoms. The number of nitro groups is 1. The van der Waals surface area contributed by atoms with Gasteiger partial charge in [-0.1, -0.05) is 23.7 Å². The van der Waals surface area contributed by atoms with Crippen molar-refractivity contribution in [1.82, 2.24) is 0 Å². The van der Waals surface area contributed by atoms with E-state index < -0.39 is 23.3 Å².